The summed E-state index contributed by atoms with van der Waals surface area (Å²) in [6.45, 7) is 5.97. The molecule has 0 spiro atoms. The molecule has 0 radical (unpaired) electrons. The van der Waals surface area contributed by atoms with E-state index in [2.05, 4.69) is 20.4 Å². The molecular formula is C18H19N5O2. The van der Waals surface area contributed by atoms with Crippen LogP contribution in [0, 0.1) is 5.41 Å². The Balaban J connectivity index is 1.70. The first-order valence-electron chi connectivity index (χ1n) is 7.91. The largest absolute Gasteiger partial charge is 0.426 e. The standard InChI is InChI=1S/C18H19N5O2/c1-18(2,3)17(24)25-15-6-4-14(5-7-15)16-20-22-23(21-16)12-13-8-10-19-11-9-13/h4-11H,12H2,1-3H3. The number of rotatable bonds is 4. The summed E-state index contributed by atoms with van der Waals surface area (Å²) in [4.78, 5) is 17.4. The third-order valence-electron chi connectivity index (χ3n) is 3.46. The fraction of sp³-hybridized carbons (Fsp3) is 0.278. The van der Waals surface area contributed by atoms with Crippen molar-refractivity contribution in [3.8, 4) is 17.1 Å². The fourth-order valence-electron chi connectivity index (χ4n) is 2.01. The van der Waals surface area contributed by atoms with Gasteiger partial charge < -0.3 is 4.74 Å². The molecule has 3 aromatic rings. The molecular weight excluding hydrogens is 318 g/mol. The Morgan fingerprint density at radius 2 is 1.76 bits per heavy atom. The van der Waals surface area contributed by atoms with Crippen LogP contribution in [-0.2, 0) is 11.3 Å². The van der Waals surface area contributed by atoms with Gasteiger partial charge in [0.25, 0.3) is 0 Å². The quantitative estimate of drug-likeness (QED) is 0.538. The molecule has 0 unspecified atom stereocenters. The average Bonchev–Trinajstić information content (AvgIpc) is 3.04. The second-order valence-electron chi connectivity index (χ2n) is 6.66. The van der Waals surface area contributed by atoms with Gasteiger partial charge in [-0.2, -0.15) is 4.80 Å². The van der Waals surface area contributed by atoms with E-state index in [0.29, 0.717) is 18.1 Å². The van der Waals surface area contributed by atoms with Gasteiger partial charge in [0.15, 0.2) is 0 Å². The third-order valence-corrected chi connectivity index (χ3v) is 3.46. The molecule has 2 heterocycles. The summed E-state index contributed by atoms with van der Waals surface area (Å²) in [6.07, 6.45) is 3.45. The smallest absolute Gasteiger partial charge is 0.316 e. The number of aromatic nitrogens is 5. The fourth-order valence-corrected chi connectivity index (χ4v) is 2.01. The molecule has 0 amide bonds. The van der Waals surface area contributed by atoms with Crippen molar-refractivity contribution in [2.24, 2.45) is 5.41 Å². The van der Waals surface area contributed by atoms with Crippen molar-refractivity contribution in [3.05, 3.63) is 54.4 Å². The monoisotopic (exact) mass is 337 g/mol. The second-order valence-corrected chi connectivity index (χ2v) is 6.66. The number of ether oxygens (including phenoxy) is 1. The van der Waals surface area contributed by atoms with Gasteiger partial charge in [-0.1, -0.05) is 0 Å². The van der Waals surface area contributed by atoms with E-state index in [4.69, 9.17) is 4.74 Å². The number of pyridine rings is 1. The van der Waals surface area contributed by atoms with E-state index in [1.165, 1.54) is 4.80 Å². The van der Waals surface area contributed by atoms with Gasteiger partial charge in [0.2, 0.25) is 5.82 Å². The van der Waals surface area contributed by atoms with Crippen molar-refractivity contribution >= 4 is 5.97 Å². The van der Waals surface area contributed by atoms with Gasteiger partial charge in [0.05, 0.1) is 12.0 Å². The van der Waals surface area contributed by atoms with Crippen LogP contribution in [0.3, 0.4) is 0 Å². The lowest BCUT2D eigenvalue weighted by Crippen LogP contribution is -2.25. The van der Waals surface area contributed by atoms with Crippen LogP contribution in [0.25, 0.3) is 11.4 Å². The molecule has 0 aliphatic rings. The number of esters is 1. The molecule has 1 aromatic carbocycles. The molecule has 0 fully saturated rings. The lowest BCUT2D eigenvalue weighted by molar-refractivity contribution is -0.142. The third kappa shape index (κ3) is 4.26. The maximum absolute atomic E-state index is 11.9. The number of hydrogen-bond acceptors (Lipinski definition) is 6. The lowest BCUT2D eigenvalue weighted by Gasteiger charge is -2.16. The van der Waals surface area contributed by atoms with E-state index in [-0.39, 0.29) is 5.97 Å². The van der Waals surface area contributed by atoms with Gasteiger partial charge in [-0.05, 0) is 67.9 Å². The minimum absolute atomic E-state index is 0.276. The van der Waals surface area contributed by atoms with E-state index in [1.807, 2.05) is 32.9 Å². The van der Waals surface area contributed by atoms with Gasteiger partial charge in [0.1, 0.15) is 5.75 Å². The molecule has 7 heteroatoms. The average molecular weight is 337 g/mol. The van der Waals surface area contributed by atoms with Crippen LogP contribution in [0.15, 0.2) is 48.8 Å². The molecule has 0 bridgehead atoms. The molecule has 0 aliphatic heterocycles. The summed E-state index contributed by atoms with van der Waals surface area (Å²) in [7, 11) is 0. The van der Waals surface area contributed by atoms with Crippen molar-refractivity contribution in [2.75, 3.05) is 0 Å². The van der Waals surface area contributed by atoms with Crippen molar-refractivity contribution in [1.82, 2.24) is 25.2 Å². The van der Waals surface area contributed by atoms with Crippen LogP contribution < -0.4 is 4.74 Å². The van der Waals surface area contributed by atoms with Crippen LogP contribution in [0.1, 0.15) is 26.3 Å². The van der Waals surface area contributed by atoms with Gasteiger partial charge in [-0.15, -0.1) is 10.2 Å². The number of carbonyl (C=O) groups is 1. The Labute approximate surface area is 145 Å². The summed E-state index contributed by atoms with van der Waals surface area (Å²) in [5, 5.41) is 12.5. The first kappa shape index (κ1) is 16.8. The Kier molecular flexibility index (Phi) is 4.56. The highest BCUT2D eigenvalue weighted by atomic mass is 16.5. The summed E-state index contributed by atoms with van der Waals surface area (Å²) >= 11 is 0. The summed E-state index contributed by atoms with van der Waals surface area (Å²) in [5.41, 5.74) is 1.30. The molecule has 2 aromatic heterocycles. The van der Waals surface area contributed by atoms with E-state index >= 15 is 0 Å². The number of carbonyl (C=O) groups excluding carboxylic acids is 1. The molecule has 128 valence electrons. The van der Waals surface area contributed by atoms with Crippen LogP contribution in [0.5, 0.6) is 5.75 Å². The number of hydrogen-bond donors (Lipinski definition) is 0. The minimum Gasteiger partial charge on any atom is -0.426 e. The molecule has 0 saturated carbocycles. The summed E-state index contributed by atoms with van der Waals surface area (Å²) < 4.78 is 5.35. The van der Waals surface area contributed by atoms with Gasteiger partial charge in [-0.25, -0.2) is 0 Å². The second kappa shape index (κ2) is 6.80. The molecule has 0 atom stereocenters. The molecule has 0 saturated heterocycles. The molecule has 7 nitrogen and oxygen atoms in total. The number of benzene rings is 1. The van der Waals surface area contributed by atoms with Crippen LogP contribution in [0.2, 0.25) is 0 Å². The van der Waals surface area contributed by atoms with Gasteiger partial charge in [-0.3, -0.25) is 9.78 Å². The summed E-state index contributed by atoms with van der Waals surface area (Å²) in [5.74, 6) is 0.734. The predicted molar refractivity (Wildman–Crippen MR) is 91.7 cm³/mol. The Morgan fingerprint density at radius 3 is 2.40 bits per heavy atom. The molecule has 25 heavy (non-hydrogen) atoms. The first-order valence-corrected chi connectivity index (χ1v) is 7.91. The predicted octanol–water partition coefficient (Wildman–Crippen LogP) is 2.73. The van der Waals surface area contributed by atoms with Gasteiger partial charge >= 0.3 is 5.97 Å². The van der Waals surface area contributed by atoms with E-state index in [1.54, 1.807) is 36.7 Å². The number of nitrogens with zero attached hydrogens (tertiary/aromatic N) is 5. The zero-order chi connectivity index (χ0) is 17.9. The van der Waals surface area contributed by atoms with Crippen molar-refractivity contribution in [2.45, 2.75) is 27.3 Å². The molecule has 3 rings (SSSR count). The number of tetrazole rings is 1. The topological polar surface area (TPSA) is 82.8 Å². The van der Waals surface area contributed by atoms with E-state index in [0.717, 1.165) is 11.1 Å². The van der Waals surface area contributed by atoms with Gasteiger partial charge in [0, 0.05) is 18.0 Å². The van der Waals surface area contributed by atoms with Crippen LogP contribution in [0.4, 0.5) is 0 Å². The van der Waals surface area contributed by atoms with E-state index < -0.39 is 5.41 Å². The highest BCUT2D eigenvalue weighted by Crippen LogP contribution is 2.22. The maximum Gasteiger partial charge on any atom is 0.316 e. The zero-order valence-corrected chi connectivity index (χ0v) is 14.4. The van der Waals surface area contributed by atoms with Crippen molar-refractivity contribution in [1.29, 1.82) is 0 Å². The highest BCUT2D eigenvalue weighted by molar-refractivity contribution is 5.78. The Bertz CT molecular complexity index is 851. The summed E-state index contributed by atoms with van der Waals surface area (Å²) in [6, 6.07) is 10.9. The normalized spacial score (nSPS) is 11.3. The zero-order valence-electron chi connectivity index (χ0n) is 14.4. The van der Waals surface area contributed by atoms with E-state index in [9.17, 15) is 4.79 Å². The van der Waals surface area contributed by atoms with Crippen LogP contribution in [-0.4, -0.2) is 31.2 Å². The maximum atomic E-state index is 11.9. The van der Waals surface area contributed by atoms with Crippen molar-refractivity contribution in [3.63, 3.8) is 0 Å². The molecule has 0 aliphatic carbocycles. The first-order chi connectivity index (χ1) is 11.9. The highest BCUT2D eigenvalue weighted by Gasteiger charge is 2.23. The Hall–Kier alpha value is -3.09. The lowest BCUT2D eigenvalue weighted by atomic mass is 9.97. The SMILES string of the molecule is CC(C)(C)C(=O)Oc1ccc(-c2nnn(Cc3ccncc3)n2)cc1. The Morgan fingerprint density at radius 1 is 1.08 bits per heavy atom. The van der Waals surface area contributed by atoms with Crippen LogP contribution >= 0.6 is 0 Å². The van der Waals surface area contributed by atoms with Crippen molar-refractivity contribution < 1.29 is 9.53 Å². The molecule has 0 N–H and O–H groups in total. The minimum atomic E-state index is -0.546.